The number of rotatable bonds is 4. The zero-order chi connectivity index (χ0) is 15.5. The predicted octanol–water partition coefficient (Wildman–Crippen LogP) is -0.115. The van der Waals surface area contributed by atoms with Crippen LogP contribution in [-0.2, 0) is 9.84 Å². The molecule has 21 heavy (non-hydrogen) atoms. The van der Waals surface area contributed by atoms with Crippen LogP contribution >= 0.6 is 11.8 Å². The molecule has 1 aliphatic rings. The van der Waals surface area contributed by atoms with Crippen LogP contribution in [0, 0.1) is 0 Å². The van der Waals surface area contributed by atoms with Gasteiger partial charge in [0.15, 0.2) is 15.7 Å². The lowest BCUT2D eigenvalue weighted by atomic mass is 10.4. The Morgan fingerprint density at radius 3 is 2.90 bits per heavy atom. The van der Waals surface area contributed by atoms with Crippen molar-refractivity contribution in [2.75, 3.05) is 28.7 Å². The van der Waals surface area contributed by atoms with E-state index in [-0.39, 0.29) is 17.3 Å². The van der Waals surface area contributed by atoms with Crippen LogP contribution in [0.1, 0.15) is 12.6 Å². The average Bonchev–Trinajstić information content (AvgIpc) is 2.54. The summed E-state index contributed by atoms with van der Waals surface area (Å²) in [7, 11) is -3.20. The van der Waals surface area contributed by atoms with Crippen LogP contribution in [0.2, 0.25) is 0 Å². The van der Waals surface area contributed by atoms with Crippen molar-refractivity contribution < 1.29 is 13.6 Å². The third-order valence-corrected chi connectivity index (χ3v) is 6.49. The molecule has 2 heterocycles. The predicted molar refractivity (Wildman–Crippen MR) is 82.5 cm³/mol. The third kappa shape index (κ3) is 3.38. The molecule has 0 amide bonds. The smallest absolute Gasteiger partial charge is 0.190 e. The molecule has 3 N–H and O–H groups in total. The van der Waals surface area contributed by atoms with Crippen LogP contribution in [0.5, 0.6) is 0 Å². The van der Waals surface area contributed by atoms with E-state index in [4.69, 9.17) is 10.9 Å². The number of amidine groups is 1. The maximum Gasteiger partial charge on any atom is 0.190 e. The molecule has 0 radical (unpaired) electrons. The molecule has 1 aromatic heterocycles. The molecule has 2 rings (SSSR count). The number of hydrogen-bond donors (Lipinski definition) is 2. The van der Waals surface area contributed by atoms with Crippen molar-refractivity contribution in [1.29, 1.82) is 0 Å². The maximum atomic E-state index is 12.2. The first-order valence-corrected chi connectivity index (χ1v) is 9.22. The van der Waals surface area contributed by atoms with Gasteiger partial charge in [0.05, 0.1) is 12.4 Å². The number of thioether (sulfide) groups is 1. The fraction of sp³-hybridized carbons (Fsp3) is 0.545. The Bertz CT molecular complexity index is 617. The first kappa shape index (κ1) is 15.8. The van der Waals surface area contributed by atoms with Gasteiger partial charge in [-0.25, -0.2) is 18.4 Å². The summed E-state index contributed by atoms with van der Waals surface area (Å²) < 4.78 is 24.4. The highest BCUT2D eigenvalue weighted by Gasteiger charge is 2.33. The van der Waals surface area contributed by atoms with Gasteiger partial charge in [0.2, 0.25) is 0 Å². The second kappa shape index (κ2) is 6.48. The van der Waals surface area contributed by atoms with E-state index < -0.39 is 15.2 Å². The lowest BCUT2D eigenvalue weighted by Crippen LogP contribution is -2.48. The summed E-state index contributed by atoms with van der Waals surface area (Å²) in [5.41, 5.74) is 5.66. The second-order valence-electron chi connectivity index (χ2n) is 4.42. The maximum absolute atomic E-state index is 12.2. The van der Waals surface area contributed by atoms with Gasteiger partial charge in [-0.1, -0.05) is 12.1 Å². The number of aromatic nitrogens is 2. The van der Waals surface area contributed by atoms with Crippen LogP contribution < -0.4 is 10.6 Å². The van der Waals surface area contributed by atoms with E-state index in [2.05, 4.69) is 15.1 Å². The molecule has 1 fully saturated rings. The van der Waals surface area contributed by atoms with Gasteiger partial charge in [0.25, 0.3) is 0 Å². The minimum atomic E-state index is -3.20. The lowest BCUT2D eigenvalue weighted by Gasteiger charge is -2.35. The SMILES string of the molecule is CCS(=O)(=O)C1CSCCN1c1cnc(C(N)=NO)cn1. The number of oxime groups is 1. The molecule has 1 atom stereocenters. The van der Waals surface area contributed by atoms with Gasteiger partial charge >= 0.3 is 0 Å². The molecular formula is C11H17N5O3S2. The minimum absolute atomic E-state index is 0.0877. The molecule has 0 aliphatic carbocycles. The van der Waals surface area contributed by atoms with Crippen LogP contribution in [0.25, 0.3) is 0 Å². The van der Waals surface area contributed by atoms with Crippen molar-refractivity contribution in [3.8, 4) is 0 Å². The summed E-state index contributed by atoms with van der Waals surface area (Å²) in [6.45, 7) is 2.23. The number of anilines is 1. The van der Waals surface area contributed by atoms with E-state index in [0.717, 1.165) is 5.75 Å². The van der Waals surface area contributed by atoms with Gasteiger partial charge in [-0.2, -0.15) is 11.8 Å². The largest absolute Gasteiger partial charge is 0.409 e. The van der Waals surface area contributed by atoms with Crippen molar-refractivity contribution in [3.63, 3.8) is 0 Å². The molecule has 0 saturated carbocycles. The normalized spacial score (nSPS) is 20.5. The Kier molecular flexibility index (Phi) is 4.88. The Morgan fingerprint density at radius 1 is 1.57 bits per heavy atom. The van der Waals surface area contributed by atoms with Crippen molar-refractivity contribution in [3.05, 3.63) is 18.1 Å². The molecule has 1 saturated heterocycles. The van der Waals surface area contributed by atoms with Crippen LogP contribution in [0.15, 0.2) is 17.5 Å². The average molecular weight is 331 g/mol. The summed E-state index contributed by atoms with van der Waals surface area (Å²) in [5, 5.41) is 10.8. The molecule has 1 aromatic rings. The highest BCUT2D eigenvalue weighted by molar-refractivity contribution is 8.01. The molecule has 0 aromatic carbocycles. The van der Waals surface area contributed by atoms with E-state index in [1.165, 1.54) is 12.4 Å². The number of hydrogen-bond acceptors (Lipinski definition) is 8. The zero-order valence-corrected chi connectivity index (χ0v) is 13.1. The summed E-state index contributed by atoms with van der Waals surface area (Å²) in [5.74, 6) is 1.77. The minimum Gasteiger partial charge on any atom is -0.409 e. The van der Waals surface area contributed by atoms with Gasteiger partial charge in [-0.3, -0.25) is 0 Å². The Morgan fingerprint density at radius 2 is 2.33 bits per heavy atom. The summed E-state index contributed by atoms with van der Waals surface area (Å²) in [6.07, 6.45) is 2.81. The van der Waals surface area contributed by atoms with E-state index in [1.54, 1.807) is 23.6 Å². The molecule has 8 nitrogen and oxygen atoms in total. The zero-order valence-electron chi connectivity index (χ0n) is 11.5. The van der Waals surface area contributed by atoms with Gasteiger partial charge in [-0.15, -0.1) is 0 Å². The third-order valence-electron chi connectivity index (χ3n) is 3.20. The molecule has 116 valence electrons. The quantitative estimate of drug-likeness (QED) is 0.339. The summed E-state index contributed by atoms with van der Waals surface area (Å²) >= 11 is 1.61. The van der Waals surface area contributed by atoms with Gasteiger partial charge in [-0.05, 0) is 0 Å². The van der Waals surface area contributed by atoms with Crippen molar-refractivity contribution >= 4 is 33.3 Å². The second-order valence-corrected chi connectivity index (χ2v) is 8.02. The number of nitrogens with two attached hydrogens (primary N) is 1. The first-order chi connectivity index (χ1) is 9.99. The van der Waals surface area contributed by atoms with Gasteiger partial charge in [0, 0.05) is 23.8 Å². The van der Waals surface area contributed by atoms with E-state index in [0.29, 0.717) is 18.1 Å². The van der Waals surface area contributed by atoms with Gasteiger partial charge in [0.1, 0.15) is 16.9 Å². The van der Waals surface area contributed by atoms with Crippen molar-refractivity contribution in [2.24, 2.45) is 10.9 Å². The van der Waals surface area contributed by atoms with Crippen LogP contribution in [0.4, 0.5) is 5.82 Å². The number of nitrogens with zero attached hydrogens (tertiary/aromatic N) is 4. The van der Waals surface area contributed by atoms with Crippen LogP contribution in [-0.4, -0.2) is 58.6 Å². The first-order valence-electron chi connectivity index (χ1n) is 6.35. The molecule has 1 aliphatic heterocycles. The summed E-state index contributed by atoms with van der Waals surface area (Å²) in [4.78, 5) is 9.98. The topological polar surface area (TPSA) is 122 Å². The van der Waals surface area contributed by atoms with Crippen molar-refractivity contribution in [1.82, 2.24) is 9.97 Å². The fourth-order valence-electron chi connectivity index (χ4n) is 1.99. The lowest BCUT2D eigenvalue weighted by molar-refractivity contribution is 0.318. The van der Waals surface area contributed by atoms with Crippen LogP contribution in [0.3, 0.4) is 0 Å². The van der Waals surface area contributed by atoms with E-state index >= 15 is 0 Å². The summed E-state index contributed by atoms with van der Waals surface area (Å²) in [6, 6.07) is 0. The van der Waals surface area contributed by atoms with E-state index in [9.17, 15) is 8.42 Å². The Balaban J connectivity index is 2.30. The monoisotopic (exact) mass is 331 g/mol. The van der Waals surface area contributed by atoms with Crippen molar-refractivity contribution in [2.45, 2.75) is 12.3 Å². The molecular weight excluding hydrogens is 314 g/mol. The highest BCUT2D eigenvalue weighted by Crippen LogP contribution is 2.25. The molecule has 10 heteroatoms. The highest BCUT2D eigenvalue weighted by atomic mass is 32.2. The van der Waals surface area contributed by atoms with E-state index in [1.807, 2.05) is 0 Å². The fourth-order valence-corrected chi connectivity index (χ4v) is 4.96. The Labute approximate surface area is 127 Å². The van der Waals surface area contributed by atoms with Gasteiger partial charge < -0.3 is 15.8 Å². The standard InChI is InChI=1S/C11H17N5O3S2/c1-2-21(18,19)10-7-20-4-3-16(10)9-6-13-8(5-14-9)11(12)15-17/h5-6,10,17H,2-4,7H2,1H3,(H2,12,15). The Hall–Kier alpha value is -1.55. The molecule has 1 unspecified atom stereocenters. The molecule has 0 bridgehead atoms. The number of sulfone groups is 1. The molecule has 0 spiro atoms.